The number of hydrogen-bond donors (Lipinski definition) is 0. The Morgan fingerprint density at radius 2 is 1.75 bits per heavy atom. The van der Waals surface area contributed by atoms with E-state index in [1.54, 1.807) is 23.1 Å². The Hall–Kier alpha value is -2.70. The van der Waals surface area contributed by atoms with Gasteiger partial charge in [0.25, 0.3) is 0 Å². The van der Waals surface area contributed by atoms with Gasteiger partial charge in [-0.25, -0.2) is 4.39 Å². The van der Waals surface area contributed by atoms with Gasteiger partial charge in [-0.2, -0.15) is 4.39 Å². The van der Waals surface area contributed by atoms with E-state index in [0.29, 0.717) is 37.4 Å². The summed E-state index contributed by atoms with van der Waals surface area (Å²) < 4.78 is 32.4. The van der Waals surface area contributed by atoms with Crippen molar-refractivity contribution in [2.45, 2.75) is 18.9 Å². The van der Waals surface area contributed by atoms with Crippen LogP contribution in [0.15, 0.2) is 42.5 Å². The molecule has 0 unspecified atom stereocenters. The maximum Gasteiger partial charge on any atom is 0.327 e. The van der Waals surface area contributed by atoms with Crippen LogP contribution in [0.3, 0.4) is 0 Å². The van der Waals surface area contributed by atoms with E-state index in [1.165, 1.54) is 18.2 Å². The zero-order chi connectivity index (χ0) is 17.1. The molecule has 0 atom stereocenters. The molecule has 2 aromatic rings. The minimum atomic E-state index is -0.831. The topological polar surface area (TPSA) is 55.6 Å². The lowest BCUT2D eigenvalue weighted by molar-refractivity contribution is -0.386. The number of rotatable bonds is 4. The Balaban J connectivity index is 1.66. The molecule has 0 N–H and O–H groups in total. The summed E-state index contributed by atoms with van der Waals surface area (Å²) in [5, 5.41) is 11.1. The van der Waals surface area contributed by atoms with Crippen LogP contribution in [0.1, 0.15) is 12.8 Å². The van der Waals surface area contributed by atoms with Crippen LogP contribution in [0, 0.1) is 21.7 Å². The van der Waals surface area contributed by atoms with Crippen LogP contribution in [0.4, 0.5) is 20.2 Å². The van der Waals surface area contributed by atoms with Crippen LogP contribution < -0.4 is 9.64 Å². The molecule has 0 aromatic heterocycles. The first-order valence-electron chi connectivity index (χ1n) is 7.64. The van der Waals surface area contributed by atoms with Crippen molar-refractivity contribution in [2.75, 3.05) is 18.0 Å². The lowest BCUT2D eigenvalue weighted by Gasteiger charge is -2.33. The number of nitrogens with zero attached hydrogens (tertiary/aromatic N) is 2. The minimum absolute atomic E-state index is 0.0562. The number of hydrogen-bond acceptors (Lipinski definition) is 4. The van der Waals surface area contributed by atoms with Gasteiger partial charge in [0.1, 0.15) is 23.4 Å². The average molecular weight is 334 g/mol. The van der Waals surface area contributed by atoms with E-state index in [0.717, 1.165) is 6.07 Å². The van der Waals surface area contributed by atoms with E-state index in [9.17, 15) is 18.9 Å². The highest BCUT2D eigenvalue weighted by molar-refractivity contribution is 5.64. The number of ether oxygens (including phenoxy) is 1. The minimum Gasteiger partial charge on any atom is -0.490 e. The van der Waals surface area contributed by atoms with Crippen molar-refractivity contribution >= 4 is 11.4 Å². The maximum atomic E-state index is 13.7. The van der Waals surface area contributed by atoms with Crippen molar-refractivity contribution in [3.05, 3.63) is 64.2 Å². The number of halogens is 2. The second kappa shape index (κ2) is 6.82. The largest absolute Gasteiger partial charge is 0.490 e. The van der Waals surface area contributed by atoms with E-state index in [1.807, 2.05) is 0 Å². The standard InChI is InChI=1S/C17H16F2N2O3/c18-12-4-6-13(7-5-12)24-14-8-10-20(11-9-14)16-3-1-2-15(19)17(16)21(22)23/h1-7,14H,8-11H2. The molecule has 0 amide bonds. The Morgan fingerprint density at radius 3 is 2.38 bits per heavy atom. The molecule has 1 fully saturated rings. The van der Waals surface area contributed by atoms with Crippen molar-refractivity contribution in [1.82, 2.24) is 0 Å². The molecule has 126 valence electrons. The summed E-state index contributed by atoms with van der Waals surface area (Å²) in [5.74, 6) is -0.565. The Bertz CT molecular complexity index is 729. The Labute approximate surface area is 137 Å². The lowest BCUT2D eigenvalue weighted by atomic mass is 10.1. The van der Waals surface area contributed by atoms with Gasteiger partial charge in [-0.05, 0) is 36.4 Å². The van der Waals surface area contributed by atoms with Crippen molar-refractivity contribution in [1.29, 1.82) is 0 Å². The van der Waals surface area contributed by atoms with Gasteiger partial charge in [-0.15, -0.1) is 0 Å². The molecule has 0 aliphatic carbocycles. The molecule has 0 spiro atoms. The fourth-order valence-corrected chi connectivity index (χ4v) is 2.86. The first kappa shape index (κ1) is 16.2. The average Bonchev–Trinajstić information content (AvgIpc) is 2.57. The Morgan fingerprint density at radius 1 is 1.08 bits per heavy atom. The zero-order valence-electron chi connectivity index (χ0n) is 12.8. The number of piperidine rings is 1. The summed E-state index contributed by atoms with van der Waals surface area (Å²) in [5.41, 5.74) is -0.198. The van der Waals surface area contributed by atoms with Crippen LogP contribution in [0.5, 0.6) is 5.75 Å². The highest BCUT2D eigenvalue weighted by Gasteiger charge is 2.28. The number of para-hydroxylation sites is 1. The number of nitro benzene ring substituents is 1. The smallest absolute Gasteiger partial charge is 0.327 e. The monoisotopic (exact) mass is 334 g/mol. The van der Waals surface area contributed by atoms with Gasteiger partial charge >= 0.3 is 5.69 Å². The van der Waals surface area contributed by atoms with Crippen molar-refractivity contribution < 1.29 is 18.4 Å². The number of anilines is 1. The predicted molar refractivity (Wildman–Crippen MR) is 85.3 cm³/mol. The molecule has 1 saturated heterocycles. The molecule has 24 heavy (non-hydrogen) atoms. The first-order valence-corrected chi connectivity index (χ1v) is 7.64. The molecule has 1 aliphatic heterocycles. The third-order valence-electron chi connectivity index (χ3n) is 4.05. The fraction of sp³-hybridized carbons (Fsp3) is 0.294. The van der Waals surface area contributed by atoms with Crippen LogP contribution in [0.25, 0.3) is 0 Å². The van der Waals surface area contributed by atoms with Gasteiger partial charge in [0.2, 0.25) is 5.82 Å². The summed E-state index contributed by atoms with van der Waals surface area (Å²) in [6.07, 6.45) is 1.23. The van der Waals surface area contributed by atoms with Gasteiger partial charge in [-0.3, -0.25) is 10.1 Å². The SMILES string of the molecule is O=[N+]([O-])c1c(F)cccc1N1CCC(Oc2ccc(F)cc2)CC1. The lowest BCUT2D eigenvalue weighted by Crippen LogP contribution is -2.38. The van der Waals surface area contributed by atoms with Gasteiger partial charge in [0.15, 0.2) is 0 Å². The van der Waals surface area contributed by atoms with Crippen LogP contribution in [0.2, 0.25) is 0 Å². The van der Waals surface area contributed by atoms with Crippen LogP contribution in [-0.4, -0.2) is 24.1 Å². The molecule has 7 heteroatoms. The zero-order valence-corrected chi connectivity index (χ0v) is 12.8. The summed E-state index contributed by atoms with van der Waals surface area (Å²) in [7, 11) is 0. The third-order valence-corrected chi connectivity index (χ3v) is 4.05. The fourth-order valence-electron chi connectivity index (χ4n) is 2.86. The van der Waals surface area contributed by atoms with Crippen molar-refractivity contribution in [2.24, 2.45) is 0 Å². The number of benzene rings is 2. The molecule has 2 aromatic carbocycles. The molecule has 0 bridgehead atoms. The van der Waals surface area contributed by atoms with E-state index >= 15 is 0 Å². The summed E-state index contributed by atoms with van der Waals surface area (Å²) in [6.45, 7) is 1.05. The molecule has 5 nitrogen and oxygen atoms in total. The van der Waals surface area contributed by atoms with Gasteiger partial charge in [0, 0.05) is 25.9 Å². The normalized spacial score (nSPS) is 15.3. The van der Waals surface area contributed by atoms with E-state index in [2.05, 4.69) is 0 Å². The van der Waals surface area contributed by atoms with Crippen molar-refractivity contribution in [3.63, 3.8) is 0 Å². The second-order valence-electron chi connectivity index (χ2n) is 5.62. The third kappa shape index (κ3) is 3.45. The summed E-state index contributed by atoms with van der Waals surface area (Å²) >= 11 is 0. The van der Waals surface area contributed by atoms with Gasteiger partial charge in [-0.1, -0.05) is 6.07 Å². The molecule has 1 heterocycles. The molecule has 1 aliphatic rings. The van der Waals surface area contributed by atoms with E-state index in [-0.39, 0.29) is 11.9 Å². The second-order valence-corrected chi connectivity index (χ2v) is 5.62. The molecular formula is C17H16F2N2O3. The molecular weight excluding hydrogens is 318 g/mol. The summed E-state index contributed by atoms with van der Waals surface area (Å²) in [4.78, 5) is 12.2. The maximum absolute atomic E-state index is 13.7. The highest BCUT2D eigenvalue weighted by atomic mass is 19.1. The molecule has 0 radical (unpaired) electrons. The van der Waals surface area contributed by atoms with Gasteiger partial charge in [0.05, 0.1) is 4.92 Å². The quantitative estimate of drug-likeness (QED) is 0.628. The Kier molecular flexibility index (Phi) is 4.59. The van der Waals surface area contributed by atoms with Crippen LogP contribution >= 0.6 is 0 Å². The van der Waals surface area contributed by atoms with E-state index < -0.39 is 16.4 Å². The number of nitro groups is 1. The summed E-state index contributed by atoms with van der Waals surface area (Å²) in [6, 6.07) is 9.92. The predicted octanol–water partition coefficient (Wildman–Crippen LogP) is 3.92. The molecule has 3 rings (SSSR count). The van der Waals surface area contributed by atoms with Gasteiger partial charge < -0.3 is 9.64 Å². The first-order chi connectivity index (χ1) is 11.5. The molecule has 0 saturated carbocycles. The van der Waals surface area contributed by atoms with Crippen molar-refractivity contribution in [3.8, 4) is 5.75 Å². The van der Waals surface area contributed by atoms with Crippen LogP contribution in [-0.2, 0) is 0 Å². The highest BCUT2D eigenvalue weighted by Crippen LogP contribution is 2.33. The van der Waals surface area contributed by atoms with E-state index in [4.69, 9.17) is 4.74 Å².